The summed E-state index contributed by atoms with van der Waals surface area (Å²) >= 11 is 12.2. The van der Waals surface area contributed by atoms with Gasteiger partial charge in [0.05, 0.1) is 10.0 Å². The van der Waals surface area contributed by atoms with E-state index in [-0.39, 0.29) is 31.0 Å². The predicted octanol–water partition coefficient (Wildman–Crippen LogP) is 5.86. The Morgan fingerprint density at radius 2 is 1.73 bits per heavy atom. The number of benzene rings is 3. The summed E-state index contributed by atoms with van der Waals surface area (Å²) in [7, 11) is 0. The summed E-state index contributed by atoms with van der Waals surface area (Å²) in [5.41, 5.74) is 0.770. The normalized spacial score (nSPS) is 12.8. The Hall–Kier alpha value is -2.76. The van der Waals surface area contributed by atoms with E-state index in [2.05, 4.69) is 5.32 Å². The first kappa shape index (κ1) is 24.9. The van der Waals surface area contributed by atoms with Gasteiger partial charge in [0.2, 0.25) is 5.91 Å². The SMILES string of the molecule is CC[C@@H](C)NC(=O)[C@H](C)N(Cc1ccc(Cl)c(Cl)c1)C(=O)COc1cccc2ccccc12. The van der Waals surface area contributed by atoms with Crippen molar-refractivity contribution in [3.8, 4) is 5.75 Å². The van der Waals surface area contributed by atoms with E-state index >= 15 is 0 Å². The monoisotopic (exact) mass is 486 g/mol. The second kappa shape index (κ2) is 11.4. The molecule has 3 rings (SSSR count). The van der Waals surface area contributed by atoms with Gasteiger partial charge < -0.3 is 15.0 Å². The highest BCUT2D eigenvalue weighted by Gasteiger charge is 2.27. The first-order chi connectivity index (χ1) is 15.8. The summed E-state index contributed by atoms with van der Waals surface area (Å²) in [6.07, 6.45) is 0.795. The van der Waals surface area contributed by atoms with Crippen molar-refractivity contribution >= 4 is 45.8 Å². The van der Waals surface area contributed by atoms with Crippen LogP contribution in [0, 0.1) is 0 Å². The lowest BCUT2D eigenvalue weighted by atomic mass is 10.1. The van der Waals surface area contributed by atoms with Crippen LogP contribution in [0.4, 0.5) is 0 Å². The minimum atomic E-state index is -0.697. The molecule has 0 aromatic heterocycles. The van der Waals surface area contributed by atoms with Crippen LogP contribution in [-0.2, 0) is 16.1 Å². The molecule has 0 aliphatic carbocycles. The van der Waals surface area contributed by atoms with Crippen LogP contribution in [0.5, 0.6) is 5.75 Å². The van der Waals surface area contributed by atoms with Crippen LogP contribution < -0.4 is 10.1 Å². The second-order valence-corrected chi connectivity index (χ2v) is 8.84. The molecule has 33 heavy (non-hydrogen) atoms. The van der Waals surface area contributed by atoms with E-state index in [9.17, 15) is 9.59 Å². The molecule has 3 aromatic rings. The van der Waals surface area contributed by atoms with Gasteiger partial charge in [-0.2, -0.15) is 0 Å². The van der Waals surface area contributed by atoms with Gasteiger partial charge in [0.15, 0.2) is 6.61 Å². The van der Waals surface area contributed by atoms with Gasteiger partial charge in [-0.3, -0.25) is 9.59 Å². The molecule has 0 aliphatic rings. The van der Waals surface area contributed by atoms with Gasteiger partial charge in [-0.25, -0.2) is 0 Å². The maximum atomic E-state index is 13.3. The fraction of sp³-hybridized carbons (Fsp3) is 0.308. The van der Waals surface area contributed by atoms with Crippen LogP contribution in [0.3, 0.4) is 0 Å². The largest absolute Gasteiger partial charge is 0.483 e. The average Bonchev–Trinajstić information content (AvgIpc) is 2.82. The lowest BCUT2D eigenvalue weighted by Crippen LogP contribution is -2.50. The van der Waals surface area contributed by atoms with E-state index in [1.807, 2.05) is 56.3 Å². The van der Waals surface area contributed by atoms with Gasteiger partial charge in [0, 0.05) is 18.0 Å². The quantitative estimate of drug-likeness (QED) is 0.412. The fourth-order valence-corrected chi connectivity index (χ4v) is 3.75. The van der Waals surface area contributed by atoms with Gasteiger partial charge in [-0.15, -0.1) is 0 Å². The van der Waals surface area contributed by atoms with Crippen LogP contribution in [0.25, 0.3) is 10.8 Å². The standard InChI is InChI=1S/C26H28Cl2N2O3/c1-4-17(2)29-26(32)18(3)30(15-19-12-13-22(27)23(28)14-19)25(31)16-33-24-11-7-9-20-8-5-6-10-21(20)24/h5-14,17-18H,4,15-16H2,1-3H3,(H,29,32)/t17-,18+/m1/s1. The summed E-state index contributed by atoms with van der Waals surface area (Å²) in [6.45, 7) is 5.64. The fourth-order valence-electron chi connectivity index (χ4n) is 3.43. The number of hydrogen-bond donors (Lipinski definition) is 1. The molecule has 2 atom stereocenters. The number of carbonyl (C=O) groups is 2. The predicted molar refractivity (Wildman–Crippen MR) is 134 cm³/mol. The summed E-state index contributed by atoms with van der Waals surface area (Å²) in [4.78, 5) is 27.6. The zero-order chi connectivity index (χ0) is 24.0. The lowest BCUT2D eigenvalue weighted by Gasteiger charge is -2.29. The molecule has 0 aliphatic heterocycles. The molecule has 0 saturated heterocycles. The van der Waals surface area contributed by atoms with E-state index in [1.165, 1.54) is 4.90 Å². The Bertz CT molecular complexity index is 1130. The second-order valence-electron chi connectivity index (χ2n) is 8.03. The first-order valence-electron chi connectivity index (χ1n) is 10.9. The number of ether oxygens (including phenoxy) is 1. The highest BCUT2D eigenvalue weighted by Crippen LogP contribution is 2.26. The van der Waals surface area contributed by atoms with E-state index in [0.29, 0.717) is 15.8 Å². The molecule has 0 unspecified atom stereocenters. The van der Waals surface area contributed by atoms with E-state index in [0.717, 1.165) is 22.8 Å². The maximum absolute atomic E-state index is 13.3. The van der Waals surface area contributed by atoms with Crippen LogP contribution >= 0.6 is 23.2 Å². The highest BCUT2D eigenvalue weighted by molar-refractivity contribution is 6.42. The Morgan fingerprint density at radius 3 is 2.45 bits per heavy atom. The van der Waals surface area contributed by atoms with Gasteiger partial charge in [-0.05, 0) is 49.4 Å². The minimum Gasteiger partial charge on any atom is -0.483 e. The van der Waals surface area contributed by atoms with Crippen molar-refractivity contribution in [2.75, 3.05) is 6.61 Å². The molecule has 3 aromatic carbocycles. The van der Waals surface area contributed by atoms with Crippen molar-refractivity contribution in [2.24, 2.45) is 0 Å². The molecular weight excluding hydrogens is 459 g/mol. The number of rotatable bonds is 9. The highest BCUT2D eigenvalue weighted by atomic mass is 35.5. The van der Waals surface area contributed by atoms with Crippen molar-refractivity contribution in [1.29, 1.82) is 0 Å². The Morgan fingerprint density at radius 1 is 1.00 bits per heavy atom. The van der Waals surface area contributed by atoms with E-state index in [1.54, 1.807) is 25.1 Å². The summed E-state index contributed by atoms with van der Waals surface area (Å²) < 4.78 is 5.90. The molecule has 5 nitrogen and oxygen atoms in total. The molecule has 0 bridgehead atoms. The molecule has 0 spiro atoms. The molecule has 0 heterocycles. The third-order valence-corrected chi connectivity index (χ3v) is 6.35. The van der Waals surface area contributed by atoms with Crippen molar-refractivity contribution in [1.82, 2.24) is 10.2 Å². The van der Waals surface area contributed by atoms with Crippen LogP contribution in [0.1, 0.15) is 32.8 Å². The Labute approximate surface area is 204 Å². The lowest BCUT2D eigenvalue weighted by molar-refractivity contribution is -0.142. The average molecular weight is 487 g/mol. The molecule has 0 saturated carbocycles. The molecule has 0 fully saturated rings. The number of nitrogens with zero attached hydrogens (tertiary/aromatic N) is 1. The number of halogens is 2. The van der Waals surface area contributed by atoms with Gasteiger partial charge in [0.1, 0.15) is 11.8 Å². The number of carbonyl (C=O) groups excluding carboxylic acids is 2. The van der Waals surface area contributed by atoms with Gasteiger partial charge in [-0.1, -0.05) is 72.6 Å². The summed E-state index contributed by atoms with van der Waals surface area (Å²) in [5, 5.41) is 5.72. The molecule has 0 radical (unpaired) electrons. The topological polar surface area (TPSA) is 58.6 Å². The first-order valence-corrected chi connectivity index (χ1v) is 11.7. The zero-order valence-corrected chi connectivity index (χ0v) is 20.5. The number of nitrogens with one attached hydrogen (secondary N) is 1. The van der Waals surface area contributed by atoms with E-state index < -0.39 is 6.04 Å². The van der Waals surface area contributed by atoms with Crippen molar-refractivity contribution < 1.29 is 14.3 Å². The number of fused-ring (bicyclic) bond motifs is 1. The Balaban J connectivity index is 1.81. The van der Waals surface area contributed by atoms with Crippen molar-refractivity contribution in [3.63, 3.8) is 0 Å². The Kier molecular flexibility index (Phi) is 8.59. The summed E-state index contributed by atoms with van der Waals surface area (Å²) in [5.74, 6) is 0.0939. The third kappa shape index (κ3) is 6.40. The van der Waals surface area contributed by atoms with Gasteiger partial charge in [0.25, 0.3) is 5.91 Å². The smallest absolute Gasteiger partial charge is 0.261 e. The molecule has 7 heteroatoms. The van der Waals surface area contributed by atoms with Crippen molar-refractivity contribution in [3.05, 3.63) is 76.3 Å². The van der Waals surface area contributed by atoms with E-state index in [4.69, 9.17) is 27.9 Å². The maximum Gasteiger partial charge on any atom is 0.261 e. The molecule has 2 amide bonds. The third-order valence-electron chi connectivity index (χ3n) is 5.61. The van der Waals surface area contributed by atoms with Crippen LogP contribution in [0.15, 0.2) is 60.7 Å². The number of hydrogen-bond acceptors (Lipinski definition) is 3. The summed E-state index contributed by atoms with van der Waals surface area (Å²) in [6, 6.07) is 18.0. The van der Waals surface area contributed by atoms with Gasteiger partial charge >= 0.3 is 0 Å². The van der Waals surface area contributed by atoms with Crippen molar-refractivity contribution in [2.45, 2.75) is 45.8 Å². The van der Waals surface area contributed by atoms with Crippen LogP contribution in [-0.4, -0.2) is 35.4 Å². The minimum absolute atomic E-state index is 0.00816. The zero-order valence-electron chi connectivity index (χ0n) is 19.0. The molecule has 1 N–H and O–H groups in total. The van der Waals surface area contributed by atoms with Crippen LogP contribution in [0.2, 0.25) is 10.0 Å². The number of amides is 2. The molecular formula is C26H28Cl2N2O3. The molecule has 174 valence electrons.